The van der Waals surface area contributed by atoms with Crippen molar-refractivity contribution in [3.05, 3.63) is 82.7 Å². The predicted octanol–water partition coefficient (Wildman–Crippen LogP) is 3.26. The molecule has 3 rings (SSSR count). The Hall–Kier alpha value is -3.02. The van der Waals surface area contributed by atoms with Crippen LogP contribution in [0.1, 0.15) is 22.2 Å². The first-order valence-electron chi connectivity index (χ1n) is 8.08. The van der Waals surface area contributed by atoms with Crippen molar-refractivity contribution in [1.82, 2.24) is 9.97 Å². The molecule has 30 heavy (non-hydrogen) atoms. The number of sulfonamides is 1. The van der Waals surface area contributed by atoms with Gasteiger partial charge in [-0.1, -0.05) is 12.1 Å². The Labute approximate surface area is 173 Å². The molecule has 1 atom stereocenters. The summed E-state index contributed by atoms with van der Waals surface area (Å²) in [7, 11) is -4.87. The lowest BCUT2D eigenvalue weighted by Crippen LogP contribution is -2.19. The number of anilines is 1. The molecule has 3 aromatic rings. The van der Waals surface area contributed by atoms with Crippen LogP contribution in [0.4, 0.5) is 18.9 Å². The van der Waals surface area contributed by atoms with Crippen LogP contribution in [0.25, 0.3) is 0 Å². The molecule has 0 amide bonds. The summed E-state index contributed by atoms with van der Waals surface area (Å²) in [5.41, 5.74) is -1.65. The van der Waals surface area contributed by atoms with Crippen LogP contribution < -0.4 is 4.72 Å². The predicted molar refractivity (Wildman–Crippen MR) is 99.9 cm³/mol. The maximum Gasteiger partial charge on any atom is 0.267 e. The number of rotatable bonds is 6. The summed E-state index contributed by atoms with van der Waals surface area (Å²) in [6, 6.07) is 6.63. The Balaban J connectivity index is 1.96. The molecule has 0 bridgehead atoms. The minimum absolute atomic E-state index is 0.209. The third-order valence-corrected chi connectivity index (χ3v) is 5.47. The van der Waals surface area contributed by atoms with Crippen LogP contribution in [-0.2, 0) is 10.0 Å². The van der Waals surface area contributed by atoms with Gasteiger partial charge in [0.2, 0.25) is 5.28 Å². The number of halogens is 4. The van der Waals surface area contributed by atoms with Gasteiger partial charge in [0.25, 0.3) is 10.0 Å². The maximum absolute atomic E-state index is 14.8. The van der Waals surface area contributed by atoms with Crippen LogP contribution in [0.2, 0.25) is 5.28 Å². The maximum atomic E-state index is 14.8. The minimum atomic E-state index is -4.87. The highest BCUT2D eigenvalue weighted by molar-refractivity contribution is 7.92. The molecule has 0 spiro atoms. The summed E-state index contributed by atoms with van der Waals surface area (Å²) in [5, 5.41) is 9.91. The zero-order chi connectivity index (χ0) is 22.1. The van der Waals surface area contributed by atoms with E-state index in [0.717, 1.165) is 36.4 Å². The lowest BCUT2D eigenvalue weighted by molar-refractivity contribution is 0.0735. The molecule has 1 heterocycles. The highest BCUT2D eigenvalue weighted by Crippen LogP contribution is 2.27. The first kappa shape index (κ1) is 21.7. The Bertz CT molecular complexity index is 1220. The number of benzene rings is 2. The molecule has 156 valence electrons. The number of ketones is 1. The molecule has 0 aliphatic heterocycles. The van der Waals surface area contributed by atoms with Gasteiger partial charge >= 0.3 is 0 Å². The normalized spacial score (nSPS) is 12.4. The monoisotopic (exact) mass is 457 g/mol. The van der Waals surface area contributed by atoms with Crippen LogP contribution >= 0.6 is 11.6 Å². The van der Waals surface area contributed by atoms with E-state index in [1.807, 2.05) is 0 Å². The zero-order valence-corrected chi connectivity index (χ0v) is 16.3. The Morgan fingerprint density at radius 1 is 1.07 bits per heavy atom. The second kappa shape index (κ2) is 8.38. The molecule has 0 fully saturated rings. The number of aromatic nitrogens is 2. The van der Waals surface area contributed by atoms with E-state index in [1.54, 1.807) is 4.72 Å². The topological polar surface area (TPSA) is 109 Å². The lowest BCUT2D eigenvalue weighted by atomic mass is 10.0. The van der Waals surface area contributed by atoms with Crippen molar-refractivity contribution in [3.63, 3.8) is 0 Å². The number of carbonyl (C=O) groups excluding carboxylic acids is 1. The van der Waals surface area contributed by atoms with Crippen LogP contribution in [0, 0.1) is 17.5 Å². The average Bonchev–Trinajstić information content (AvgIpc) is 2.68. The van der Waals surface area contributed by atoms with Gasteiger partial charge in [-0.05, 0) is 41.9 Å². The van der Waals surface area contributed by atoms with E-state index in [9.17, 15) is 31.5 Å². The summed E-state index contributed by atoms with van der Waals surface area (Å²) in [5.74, 6) is -5.28. The molecule has 1 aromatic heterocycles. The second-order valence-electron chi connectivity index (χ2n) is 5.84. The molecule has 0 saturated heterocycles. The quantitative estimate of drug-likeness (QED) is 0.434. The zero-order valence-electron chi connectivity index (χ0n) is 14.7. The van der Waals surface area contributed by atoms with Gasteiger partial charge in [-0.3, -0.25) is 9.52 Å². The van der Waals surface area contributed by atoms with Crippen LogP contribution in [0.5, 0.6) is 0 Å². The van der Waals surface area contributed by atoms with E-state index in [2.05, 4.69) is 9.97 Å². The SMILES string of the molecule is O=C(c1cccc(NS(=O)(=O)c2c(F)cccc2F)c1F)C(O)c1ccnc(Cl)n1. The third kappa shape index (κ3) is 4.27. The molecular formula is C18H11ClF3N3O4S. The fourth-order valence-corrected chi connectivity index (χ4v) is 3.87. The van der Waals surface area contributed by atoms with Crippen LogP contribution in [0.15, 0.2) is 53.6 Å². The molecule has 0 aliphatic carbocycles. The largest absolute Gasteiger partial charge is 0.379 e. The van der Waals surface area contributed by atoms with Gasteiger partial charge in [0, 0.05) is 6.20 Å². The number of hydrogen-bond donors (Lipinski definition) is 2. The molecule has 0 radical (unpaired) electrons. The summed E-state index contributed by atoms with van der Waals surface area (Å²) in [6.45, 7) is 0. The number of hydrogen-bond acceptors (Lipinski definition) is 6. The van der Waals surface area contributed by atoms with E-state index in [0.29, 0.717) is 0 Å². The molecular weight excluding hydrogens is 447 g/mol. The first-order valence-corrected chi connectivity index (χ1v) is 9.94. The van der Waals surface area contributed by atoms with Crippen molar-refractivity contribution < 1.29 is 31.5 Å². The van der Waals surface area contributed by atoms with Gasteiger partial charge < -0.3 is 5.11 Å². The first-order chi connectivity index (χ1) is 14.1. The molecule has 2 aromatic carbocycles. The number of nitrogens with zero attached hydrogens (tertiary/aromatic N) is 2. The molecule has 12 heteroatoms. The summed E-state index contributed by atoms with van der Waals surface area (Å²) < 4.78 is 68.9. The van der Waals surface area contributed by atoms with Crippen molar-refractivity contribution in [2.45, 2.75) is 11.0 Å². The average molecular weight is 458 g/mol. The Kier molecular flexibility index (Phi) is 6.06. The molecule has 2 N–H and O–H groups in total. The lowest BCUT2D eigenvalue weighted by Gasteiger charge is -2.14. The second-order valence-corrected chi connectivity index (χ2v) is 7.80. The summed E-state index contributed by atoms with van der Waals surface area (Å²) in [6.07, 6.45) is -0.749. The standard InChI is InChI=1S/C18H11ClF3N3O4S/c19-18-23-8-7-13(24-18)16(27)15(26)9-3-1-6-12(14(9)22)25-30(28,29)17-10(20)4-2-5-11(17)21/h1-8,16,25,27H. The fraction of sp³-hybridized carbons (Fsp3) is 0.0556. The van der Waals surface area contributed by atoms with Gasteiger partial charge in [-0.15, -0.1) is 0 Å². The van der Waals surface area contributed by atoms with E-state index in [4.69, 9.17) is 11.6 Å². The van der Waals surface area contributed by atoms with Gasteiger partial charge in [0.15, 0.2) is 22.6 Å². The molecule has 0 aliphatic rings. The number of aliphatic hydroxyl groups is 1. The van der Waals surface area contributed by atoms with Crippen molar-refractivity contribution >= 4 is 33.1 Å². The number of Topliss-reactive ketones (excluding diaryl/α,β-unsaturated/α-hetero) is 1. The van der Waals surface area contributed by atoms with Crippen molar-refractivity contribution in [3.8, 4) is 0 Å². The van der Waals surface area contributed by atoms with Crippen molar-refractivity contribution in [1.29, 1.82) is 0 Å². The van der Waals surface area contributed by atoms with E-state index >= 15 is 0 Å². The summed E-state index contributed by atoms with van der Waals surface area (Å²) >= 11 is 5.60. The van der Waals surface area contributed by atoms with Gasteiger partial charge in [-0.2, -0.15) is 0 Å². The van der Waals surface area contributed by atoms with Gasteiger partial charge in [0.05, 0.1) is 16.9 Å². The number of carbonyl (C=O) groups is 1. The van der Waals surface area contributed by atoms with E-state index in [-0.39, 0.29) is 11.0 Å². The molecule has 1 unspecified atom stereocenters. The third-order valence-electron chi connectivity index (χ3n) is 3.87. The molecule has 0 saturated carbocycles. The fourth-order valence-electron chi connectivity index (χ4n) is 2.52. The number of nitrogens with one attached hydrogen (secondary N) is 1. The van der Waals surface area contributed by atoms with Crippen molar-refractivity contribution in [2.24, 2.45) is 0 Å². The molecule has 7 nitrogen and oxygen atoms in total. The minimum Gasteiger partial charge on any atom is -0.379 e. The van der Waals surface area contributed by atoms with E-state index < -0.39 is 55.5 Å². The Morgan fingerprint density at radius 2 is 1.70 bits per heavy atom. The highest BCUT2D eigenvalue weighted by atomic mass is 35.5. The van der Waals surface area contributed by atoms with Crippen molar-refractivity contribution in [2.75, 3.05) is 4.72 Å². The highest BCUT2D eigenvalue weighted by Gasteiger charge is 2.28. The smallest absolute Gasteiger partial charge is 0.267 e. The van der Waals surface area contributed by atoms with Gasteiger partial charge in [-0.25, -0.2) is 31.6 Å². The van der Waals surface area contributed by atoms with Crippen LogP contribution in [0.3, 0.4) is 0 Å². The Morgan fingerprint density at radius 3 is 2.33 bits per heavy atom. The van der Waals surface area contributed by atoms with E-state index in [1.165, 1.54) is 12.3 Å². The summed E-state index contributed by atoms with van der Waals surface area (Å²) in [4.78, 5) is 18.4. The van der Waals surface area contributed by atoms with Gasteiger partial charge in [0.1, 0.15) is 11.6 Å². The number of aliphatic hydroxyl groups excluding tert-OH is 1. The van der Waals surface area contributed by atoms with Crippen LogP contribution in [-0.4, -0.2) is 29.3 Å².